The number of nitrogens with zero attached hydrogens (tertiary/aromatic N) is 2. The van der Waals surface area contributed by atoms with Crippen LogP contribution in [0.1, 0.15) is 42.9 Å². The van der Waals surface area contributed by atoms with E-state index in [0.717, 1.165) is 40.9 Å². The van der Waals surface area contributed by atoms with Crippen LogP contribution in [0.3, 0.4) is 0 Å². The van der Waals surface area contributed by atoms with Crippen molar-refractivity contribution < 1.29 is 13.2 Å². The van der Waals surface area contributed by atoms with E-state index in [2.05, 4.69) is 16.7 Å². The third kappa shape index (κ3) is 3.74. The predicted octanol–water partition coefficient (Wildman–Crippen LogP) is 2.80. The van der Waals surface area contributed by atoms with Crippen molar-refractivity contribution in [3.8, 4) is 11.8 Å². The minimum atomic E-state index is -3.34. The predicted molar refractivity (Wildman–Crippen MR) is 110 cm³/mol. The van der Waals surface area contributed by atoms with Crippen LogP contribution in [0.15, 0.2) is 18.2 Å². The molecule has 0 bridgehead atoms. The van der Waals surface area contributed by atoms with Crippen LogP contribution in [-0.4, -0.2) is 40.1 Å². The van der Waals surface area contributed by atoms with Crippen LogP contribution < -0.4 is 9.21 Å². The van der Waals surface area contributed by atoms with E-state index < -0.39 is 10.0 Å². The molecule has 0 spiro atoms. The lowest BCUT2D eigenvalue weighted by Crippen LogP contribution is -2.34. The van der Waals surface area contributed by atoms with Crippen LogP contribution in [0.4, 0.5) is 11.4 Å². The summed E-state index contributed by atoms with van der Waals surface area (Å²) in [5.41, 5.74) is 4.64. The number of ketones is 1. The van der Waals surface area contributed by atoms with Gasteiger partial charge in [0, 0.05) is 37.3 Å². The van der Waals surface area contributed by atoms with Gasteiger partial charge >= 0.3 is 0 Å². The summed E-state index contributed by atoms with van der Waals surface area (Å²) in [5.74, 6) is 6.29. The smallest absolute Gasteiger partial charge is 0.232 e. The van der Waals surface area contributed by atoms with Crippen molar-refractivity contribution in [2.24, 2.45) is 0 Å². The van der Waals surface area contributed by atoms with Gasteiger partial charge in [-0.05, 0) is 56.4 Å². The van der Waals surface area contributed by atoms with Gasteiger partial charge < -0.3 is 4.90 Å². The Morgan fingerprint density at radius 1 is 1.33 bits per heavy atom. The van der Waals surface area contributed by atoms with Crippen molar-refractivity contribution >= 4 is 27.2 Å². The number of benzene rings is 1. The third-order valence-corrected chi connectivity index (χ3v) is 6.64. The molecule has 0 saturated carbocycles. The van der Waals surface area contributed by atoms with Crippen molar-refractivity contribution in [2.45, 2.75) is 45.6 Å². The van der Waals surface area contributed by atoms with Gasteiger partial charge in [0.2, 0.25) is 10.0 Å². The van der Waals surface area contributed by atoms with Crippen LogP contribution in [0.25, 0.3) is 0 Å². The van der Waals surface area contributed by atoms with Gasteiger partial charge in [-0.1, -0.05) is 12.0 Å². The first-order valence-electron chi connectivity index (χ1n) is 9.23. The summed E-state index contributed by atoms with van der Waals surface area (Å²) < 4.78 is 26.0. The molecule has 1 unspecified atom stereocenters. The highest BCUT2D eigenvalue weighted by Crippen LogP contribution is 2.40. The molecule has 0 radical (unpaired) electrons. The monoisotopic (exact) mass is 386 g/mol. The Bertz CT molecular complexity index is 967. The lowest BCUT2D eigenvalue weighted by molar-refractivity contribution is -0.114. The number of hydrogen-bond donors (Lipinski definition) is 0. The summed E-state index contributed by atoms with van der Waals surface area (Å²) in [6, 6.07) is 2.04. The van der Waals surface area contributed by atoms with Crippen LogP contribution in [0.5, 0.6) is 0 Å². The molecule has 5 nitrogen and oxygen atoms in total. The molecule has 144 valence electrons. The quantitative estimate of drug-likeness (QED) is 0.750. The molecule has 1 heterocycles. The number of fused-ring (bicyclic) bond motifs is 1. The molecule has 3 rings (SSSR count). The third-order valence-electron chi connectivity index (χ3n) is 5.46. The van der Waals surface area contributed by atoms with Crippen LogP contribution in [-0.2, 0) is 21.2 Å². The number of anilines is 2. The van der Waals surface area contributed by atoms with Crippen LogP contribution >= 0.6 is 0 Å². The average Bonchev–Trinajstić information content (AvgIpc) is 2.91. The summed E-state index contributed by atoms with van der Waals surface area (Å²) in [6.07, 6.45) is 7.74. The molecule has 27 heavy (non-hydrogen) atoms. The van der Waals surface area contributed by atoms with E-state index in [1.807, 2.05) is 26.1 Å². The maximum Gasteiger partial charge on any atom is 0.232 e. The normalized spacial score (nSPS) is 19.3. The Kier molecular flexibility index (Phi) is 5.34. The van der Waals surface area contributed by atoms with Gasteiger partial charge in [0.25, 0.3) is 0 Å². The summed E-state index contributed by atoms with van der Waals surface area (Å²) >= 11 is 0. The first kappa shape index (κ1) is 19.5. The van der Waals surface area contributed by atoms with E-state index in [1.54, 1.807) is 13.0 Å². The molecule has 1 aliphatic carbocycles. The minimum absolute atomic E-state index is 0.0831. The molecule has 1 aliphatic heterocycles. The highest BCUT2D eigenvalue weighted by molar-refractivity contribution is 7.92. The summed E-state index contributed by atoms with van der Waals surface area (Å²) in [4.78, 5) is 14.2. The van der Waals surface area contributed by atoms with Crippen molar-refractivity contribution in [2.75, 3.05) is 29.1 Å². The second kappa shape index (κ2) is 7.40. The molecule has 1 aromatic rings. The Balaban J connectivity index is 2.11. The second-order valence-electron chi connectivity index (χ2n) is 7.27. The molecule has 6 heteroatoms. The molecule has 0 amide bonds. The first-order chi connectivity index (χ1) is 12.7. The van der Waals surface area contributed by atoms with Gasteiger partial charge in [-0.3, -0.25) is 9.10 Å². The number of carbonyl (C=O) groups excluding carboxylic acids is 1. The molecule has 2 aliphatic rings. The maximum atomic E-state index is 12.2. The van der Waals surface area contributed by atoms with E-state index in [4.69, 9.17) is 0 Å². The van der Waals surface area contributed by atoms with Crippen molar-refractivity contribution in [3.05, 3.63) is 34.9 Å². The van der Waals surface area contributed by atoms with Gasteiger partial charge in [0.1, 0.15) is 0 Å². The molecule has 0 saturated heterocycles. The van der Waals surface area contributed by atoms with E-state index in [9.17, 15) is 13.2 Å². The molecule has 0 fully saturated rings. The number of hydrogen-bond acceptors (Lipinski definition) is 4. The standard InChI is InChI=1S/C21H26N2O3S/c1-5-8-18-15(2)20(22(3)16-9-6-7-10-17(24)13-16)14-21-19(18)11-12-23(21)27(4,25)26/h7,10,14,16H,6,9,11-13H2,1-4H3. The molecule has 1 aromatic carbocycles. The summed E-state index contributed by atoms with van der Waals surface area (Å²) in [7, 11) is -1.35. The van der Waals surface area contributed by atoms with Gasteiger partial charge in [0.05, 0.1) is 11.9 Å². The molecular weight excluding hydrogens is 360 g/mol. The highest BCUT2D eigenvalue weighted by atomic mass is 32.2. The maximum absolute atomic E-state index is 12.2. The van der Waals surface area contributed by atoms with Gasteiger partial charge in [-0.25, -0.2) is 8.42 Å². The van der Waals surface area contributed by atoms with Gasteiger partial charge in [-0.15, -0.1) is 5.92 Å². The Hall–Kier alpha value is -2.26. The zero-order chi connectivity index (χ0) is 19.8. The van der Waals surface area contributed by atoms with Crippen molar-refractivity contribution in [1.29, 1.82) is 0 Å². The zero-order valence-electron chi connectivity index (χ0n) is 16.4. The highest BCUT2D eigenvalue weighted by Gasteiger charge is 2.31. The average molecular weight is 387 g/mol. The van der Waals surface area contributed by atoms with Gasteiger partial charge in [-0.2, -0.15) is 0 Å². The summed E-state index contributed by atoms with van der Waals surface area (Å²) in [5, 5.41) is 0. The lowest BCUT2D eigenvalue weighted by atomic mass is 9.96. The van der Waals surface area contributed by atoms with Crippen LogP contribution in [0, 0.1) is 18.8 Å². The molecular formula is C21H26N2O3S. The first-order valence-corrected chi connectivity index (χ1v) is 11.1. The molecule has 0 aromatic heterocycles. The van der Waals surface area contributed by atoms with E-state index in [1.165, 1.54) is 10.6 Å². The van der Waals surface area contributed by atoms with E-state index >= 15 is 0 Å². The fraction of sp³-hybridized carbons (Fsp3) is 0.476. The lowest BCUT2D eigenvalue weighted by Gasteiger charge is -2.32. The van der Waals surface area contributed by atoms with Crippen LogP contribution in [0.2, 0.25) is 0 Å². The minimum Gasteiger partial charge on any atom is -0.371 e. The van der Waals surface area contributed by atoms with E-state index in [0.29, 0.717) is 19.4 Å². The van der Waals surface area contributed by atoms with Gasteiger partial charge in [0.15, 0.2) is 5.78 Å². The fourth-order valence-electron chi connectivity index (χ4n) is 4.05. The molecule has 1 atom stereocenters. The van der Waals surface area contributed by atoms with Crippen molar-refractivity contribution in [1.82, 2.24) is 0 Å². The topological polar surface area (TPSA) is 57.7 Å². The Morgan fingerprint density at radius 2 is 2.07 bits per heavy atom. The number of rotatable bonds is 3. The molecule has 0 N–H and O–H groups in total. The number of allylic oxidation sites excluding steroid dienone is 2. The Morgan fingerprint density at radius 3 is 2.74 bits per heavy atom. The largest absolute Gasteiger partial charge is 0.371 e. The SMILES string of the molecule is CC#Cc1c(C)c(N(C)C2CCC=CC(=O)C2)cc2c1CCN2S(C)(=O)=O. The number of sulfonamides is 1. The second-order valence-corrected chi connectivity index (χ2v) is 9.18. The Labute approximate surface area is 162 Å². The fourth-order valence-corrected chi connectivity index (χ4v) is 5.00. The number of carbonyl (C=O) groups is 1. The van der Waals surface area contributed by atoms with Crippen molar-refractivity contribution in [3.63, 3.8) is 0 Å². The zero-order valence-corrected chi connectivity index (χ0v) is 17.2. The summed E-state index contributed by atoms with van der Waals surface area (Å²) in [6.45, 7) is 4.28. The van der Waals surface area contributed by atoms with E-state index in [-0.39, 0.29) is 11.8 Å².